The molecule has 24 heavy (non-hydrogen) atoms. The Kier molecular flexibility index (Phi) is 5.72. The first-order chi connectivity index (χ1) is 11.6. The SMILES string of the molecule is OC(CNC1CCN(c2ccc(Cl)cc2)CC1)c1ccc(F)cc1. The fourth-order valence-electron chi connectivity index (χ4n) is 3.07. The first-order valence-corrected chi connectivity index (χ1v) is 8.67. The van der Waals surface area contributed by atoms with E-state index in [1.807, 2.05) is 24.3 Å². The van der Waals surface area contributed by atoms with E-state index < -0.39 is 6.10 Å². The van der Waals surface area contributed by atoms with Gasteiger partial charge in [0.15, 0.2) is 0 Å². The second-order valence-electron chi connectivity index (χ2n) is 6.21. The van der Waals surface area contributed by atoms with Crippen LogP contribution in [-0.4, -0.2) is 30.8 Å². The molecular weight excluding hydrogens is 327 g/mol. The average molecular weight is 349 g/mol. The van der Waals surface area contributed by atoms with Crippen LogP contribution in [0.15, 0.2) is 48.5 Å². The van der Waals surface area contributed by atoms with Crippen LogP contribution in [0.5, 0.6) is 0 Å². The summed E-state index contributed by atoms with van der Waals surface area (Å²) in [6.45, 7) is 2.44. The van der Waals surface area contributed by atoms with E-state index in [1.165, 1.54) is 17.8 Å². The van der Waals surface area contributed by atoms with Gasteiger partial charge >= 0.3 is 0 Å². The summed E-state index contributed by atoms with van der Waals surface area (Å²) in [5.74, 6) is -0.284. The van der Waals surface area contributed by atoms with E-state index in [1.54, 1.807) is 12.1 Å². The lowest BCUT2D eigenvalue weighted by Crippen LogP contribution is -2.43. The number of benzene rings is 2. The molecule has 2 aromatic carbocycles. The molecule has 0 radical (unpaired) electrons. The van der Waals surface area contributed by atoms with Gasteiger partial charge in [0.05, 0.1) is 6.10 Å². The number of hydrogen-bond acceptors (Lipinski definition) is 3. The van der Waals surface area contributed by atoms with Crippen LogP contribution in [0.2, 0.25) is 5.02 Å². The van der Waals surface area contributed by atoms with Gasteiger partial charge in [0, 0.05) is 36.4 Å². The van der Waals surface area contributed by atoms with E-state index in [4.69, 9.17) is 11.6 Å². The van der Waals surface area contributed by atoms with Crippen molar-refractivity contribution in [3.63, 3.8) is 0 Å². The van der Waals surface area contributed by atoms with E-state index >= 15 is 0 Å². The van der Waals surface area contributed by atoms with E-state index in [2.05, 4.69) is 10.2 Å². The van der Waals surface area contributed by atoms with Gasteiger partial charge in [-0.15, -0.1) is 0 Å². The van der Waals surface area contributed by atoms with Crippen molar-refractivity contribution in [1.29, 1.82) is 0 Å². The maximum atomic E-state index is 12.9. The first kappa shape index (κ1) is 17.2. The highest BCUT2D eigenvalue weighted by Crippen LogP contribution is 2.22. The Morgan fingerprint density at radius 1 is 1.08 bits per heavy atom. The summed E-state index contributed by atoms with van der Waals surface area (Å²) in [6.07, 6.45) is 1.44. The average Bonchev–Trinajstić information content (AvgIpc) is 2.61. The van der Waals surface area contributed by atoms with Gasteiger partial charge in [-0.2, -0.15) is 0 Å². The number of aliphatic hydroxyl groups excluding tert-OH is 1. The zero-order valence-corrected chi connectivity index (χ0v) is 14.2. The Hall–Kier alpha value is -1.62. The van der Waals surface area contributed by atoms with Crippen molar-refractivity contribution in [1.82, 2.24) is 5.32 Å². The molecule has 0 amide bonds. The lowest BCUT2D eigenvalue weighted by atomic mass is 10.0. The largest absolute Gasteiger partial charge is 0.387 e. The van der Waals surface area contributed by atoms with Gasteiger partial charge < -0.3 is 15.3 Å². The monoisotopic (exact) mass is 348 g/mol. The Balaban J connectivity index is 1.45. The molecule has 0 aliphatic carbocycles. The highest BCUT2D eigenvalue weighted by Gasteiger charge is 2.20. The lowest BCUT2D eigenvalue weighted by Gasteiger charge is -2.34. The Bertz CT molecular complexity index is 639. The lowest BCUT2D eigenvalue weighted by molar-refractivity contribution is 0.167. The van der Waals surface area contributed by atoms with Gasteiger partial charge in [-0.3, -0.25) is 0 Å². The van der Waals surface area contributed by atoms with Crippen LogP contribution in [-0.2, 0) is 0 Å². The molecular formula is C19H22ClFN2O. The molecule has 1 aliphatic heterocycles. The van der Waals surface area contributed by atoms with Gasteiger partial charge in [0.1, 0.15) is 5.82 Å². The Morgan fingerprint density at radius 2 is 1.71 bits per heavy atom. The standard InChI is InChI=1S/C19H22ClFN2O/c20-15-3-7-18(8-4-15)23-11-9-17(10-12-23)22-13-19(24)14-1-5-16(21)6-2-14/h1-8,17,19,22,24H,9-13H2. The van der Waals surface area contributed by atoms with E-state index in [0.29, 0.717) is 12.6 Å². The van der Waals surface area contributed by atoms with Crippen molar-refractivity contribution >= 4 is 17.3 Å². The summed E-state index contributed by atoms with van der Waals surface area (Å²) in [6, 6.07) is 14.3. The number of halogens is 2. The van der Waals surface area contributed by atoms with Gasteiger partial charge in [-0.05, 0) is 54.8 Å². The number of aliphatic hydroxyl groups is 1. The molecule has 0 spiro atoms. The van der Waals surface area contributed by atoms with Gasteiger partial charge in [-0.1, -0.05) is 23.7 Å². The van der Waals surface area contributed by atoms with Crippen LogP contribution in [0.1, 0.15) is 24.5 Å². The molecule has 3 nitrogen and oxygen atoms in total. The number of nitrogens with one attached hydrogen (secondary N) is 1. The number of nitrogens with zero attached hydrogens (tertiary/aromatic N) is 1. The molecule has 0 bridgehead atoms. The van der Waals surface area contributed by atoms with Crippen LogP contribution in [0.4, 0.5) is 10.1 Å². The molecule has 1 unspecified atom stereocenters. The van der Waals surface area contributed by atoms with Crippen LogP contribution >= 0.6 is 11.6 Å². The highest BCUT2D eigenvalue weighted by atomic mass is 35.5. The number of hydrogen-bond donors (Lipinski definition) is 2. The zero-order chi connectivity index (χ0) is 16.9. The van der Waals surface area contributed by atoms with Crippen molar-refractivity contribution in [3.05, 3.63) is 64.9 Å². The number of piperidine rings is 1. The van der Waals surface area contributed by atoms with Crippen LogP contribution in [0, 0.1) is 5.82 Å². The third-order valence-electron chi connectivity index (χ3n) is 4.54. The molecule has 1 heterocycles. The Morgan fingerprint density at radius 3 is 2.33 bits per heavy atom. The summed E-state index contributed by atoms with van der Waals surface area (Å²) in [4.78, 5) is 2.35. The molecule has 1 atom stereocenters. The predicted octanol–water partition coefficient (Wildman–Crippen LogP) is 3.77. The molecule has 5 heteroatoms. The Labute approximate surface area is 147 Å². The molecule has 3 rings (SSSR count). The molecule has 1 aliphatic rings. The second kappa shape index (κ2) is 7.97. The van der Waals surface area contributed by atoms with E-state index in [0.717, 1.165) is 36.5 Å². The smallest absolute Gasteiger partial charge is 0.123 e. The third-order valence-corrected chi connectivity index (χ3v) is 4.79. The van der Waals surface area contributed by atoms with Crippen LogP contribution in [0.25, 0.3) is 0 Å². The van der Waals surface area contributed by atoms with E-state index in [9.17, 15) is 9.50 Å². The summed E-state index contributed by atoms with van der Waals surface area (Å²) in [7, 11) is 0. The highest BCUT2D eigenvalue weighted by molar-refractivity contribution is 6.30. The van der Waals surface area contributed by atoms with Gasteiger partial charge in [0.25, 0.3) is 0 Å². The van der Waals surface area contributed by atoms with Crippen molar-refractivity contribution in [2.75, 3.05) is 24.5 Å². The second-order valence-corrected chi connectivity index (χ2v) is 6.65. The molecule has 2 aromatic rings. The molecule has 2 N–H and O–H groups in total. The molecule has 0 aromatic heterocycles. The molecule has 1 fully saturated rings. The quantitative estimate of drug-likeness (QED) is 0.863. The maximum Gasteiger partial charge on any atom is 0.123 e. The van der Waals surface area contributed by atoms with Gasteiger partial charge in [0.2, 0.25) is 0 Å². The summed E-state index contributed by atoms with van der Waals surface area (Å²) in [5.41, 5.74) is 1.94. The molecule has 0 saturated carbocycles. The third kappa shape index (κ3) is 4.47. The molecule has 128 valence electrons. The minimum atomic E-state index is -0.611. The van der Waals surface area contributed by atoms with Crippen molar-refractivity contribution in [3.8, 4) is 0 Å². The predicted molar refractivity (Wildman–Crippen MR) is 96.0 cm³/mol. The normalized spacial score (nSPS) is 17.0. The summed E-state index contributed by atoms with van der Waals surface area (Å²) < 4.78 is 12.9. The van der Waals surface area contributed by atoms with Crippen molar-refractivity contribution in [2.45, 2.75) is 25.0 Å². The van der Waals surface area contributed by atoms with Crippen LogP contribution < -0.4 is 10.2 Å². The van der Waals surface area contributed by atoms with Crippen LogP contribution in [0.3, 0.4) is 0 Å². The minimum Gasteiger partial charge on any atom is -0.387 e. The first-order valence-electron chi connectivity index (χ1n) is 8.29. The fourth-order valence-corrected chi connectivity index (χ4v) is 3.20. The molecule has 1 saturated heterocycles. The minimum absolute atomic E-state index is 0.284. The topological polar surface area (TPSA) is 35.5 Å². The zero-order valence-electron chi connectivity index (χ0n) is 13.5. The fraction of sp³-hybridized carbons (Fsp3) is 0.368. The van der Waals surface area contributed by atoms with E-state index in [-0.39, 0.29) is 5.82 Å². The summed E-state index contributed by atoms with van der Waals surface area (Å²) in [5, 5.41) is 14.4. The van der Waals surface area contributed by atoms with Gasteiger partial charge in [-0.25, -0.2) is 4.39 Å². The van der Waals surface area contributed by atoms with Crippen molar-refractivity contribution < 1.29 is 9.50 Å². The number of rotatable bonds is 5. The number of anilines is 1. The summed E-state index contributed by atoms with van der Waals surface area (Å²) >= 11 is 5.93. The van der Waals surface area contributed by atoms with Crippen molar-refractivity contribution in [2.24, 2.45) is 0 Å². The maximum absolute atomic E-state index is 12.9.